The molecule has 0 fully saturated rings. The Kier molecular flexibility index (Phi) is 2.91. The predicted molar refractivity (Wildman–Crippen MR) is 62.3 cm³/mol. The number of rotatable bonds is 3. The Hall–Kier alpha value is -1.82. The standard InChI is InChI=1S/C10H11N3O2S/c1-15-8-4-2-7(3-5-8)6-13-9(14)11-12-10(13)16/h2-5H,6H2,1H3,(H,11,14)(H,12,16). The number of hydrogen-bond acceptors (Lipinski definition) is 3. The van der Waals surface area contributed by atoms with Crippen LogP contribution in [0.25, 0.3) is 0 Å². The van der Waals surface area contributed by atoms with Crippen LogP contribution in [0.2, 0.25) is 0 Å². The number of methoxy groups -OCH3 is 1. The molecule has 2 aromatic rings. The number of benzene rings is 1. The summed E-state index contributed by atoms with van der Waals surface area (Å²) in [5.41, 5.74) is 0.753. The minimum Gasteiger partial charge on any atom is -0.497 e. The van der Waals surface area contributed by atoms with Crippen molar-refractivity contribution in [3.63, 3.8) is 0 Å². The number of aromatic nitrogens is 3. The fraction of sp³-hybridized carbons (Fsp3) is 0.200. The van der Waals surface area contributed by atoms with E-state index in [1.807, 2.05) is 24.3 Å². The largest absolute Gasteiger partial charge is 0.497 e. The van der Waals surface area contributed by atoms with Crippen LogP contribution in [0.15, 0.2) is 29.1 Å². The molecule has 1 heterocycles. The Morgan fingerprint density at radius 2 is 2.00 bits per heavy atom. The maximum Gasteiger partial charge on any atom is 0.342 e. The molecule has 0 aliphatic heterocycles. The summed E-state index contributed by atoms with van der Waals surface area (Å²) < 4.78 is 6.90. The van der Waals surface area contributed by atoms with Gasteiger partial charge in [-0.2, -0.15) is 0 Å². The van der Waals surface area contributed by atoms with Crippen LogP contribution in [0.3, 0.4) is 0 Å². The van der Waals surface area contributed by atoms with Crippen molar-refractivity contribution < 1.29 is 4.74 Å². The smallest absolute Gasteiger partial charge is 0.342 e. The van der Waals surface area contributed by atoms with Crippen LogP contribution >= 0.6 is 12.2 Å². The molecule has 0 atom stereocenters. The highest BCUT2D eigenvalue weighted by atomic mass is 32.1. The highest BCUT2D eigenvalue weighted by molar-refractivity contribution is 7.71. The molecule has 0 aliphatic carbocycles. The van der Waals surface area contributed by atoms with Crippen molar-refractivity contribution in [2.75, 3.05) is 7.11 Å². The van der Waals surface area contributed by atoms with E-state index in [9.17, 15) is 4.79 Å². The number of hydrogen-bond donors (Lipinski definition) is 2. The van der Waals surface area contributed by atoms with Gasteiger partial charge in [0, 0.05) is 0 Å². The van der Waals surface area contributed by atoms with Crippen molar-refractivity contribution in [3.05, 3.63) is 45.1 Å². The molecule has 1 aromatic heterocycles. The maximum atomic E-state index is 11.4. The molecule has 2 rings (SSSR count). The summed E-state index contributed by atoms with van der Waals surface area (Å²) >= 11 is 4.97. The van der Waals surface area contributed by atoms with E-state index in [0.717, 1.165) is 11.3 Å². The van der Waals surface area contributed by atoms with E-state index in [2.05, 4.69) is 10.2 Å². The number of ether oxygens (including phenoxy) is 1. The van der Waals surface area contributed by atoms with Crippen molar-refractivity contribution in [2.24, 2.45) is 0 Å². The molecule has 1 aromatic carbocycles. The van der Waals surface area contributed by atoms with E-state index in [-0.39, 0.29) is 5.69 Å². The van der Waals surface area contributed by atoms with Crippen LogP contribution in [0.1, 0.15) is 5.56 Å². The SMILES string of the molecule is COc1ccc(Cn2c(=O)[nH][nH]c2=S)cc1. The zero-order valence-corrected chi connectivity index (χ0v) is 9.50. The van der Waals surface area contributed by atoms with E-state index < -0.39 is 0 Å². The van der Waals surface area contributed by atoms with Crippen LogP contribution in [0, 0.1) is 4.77 Å². The van der Waals surface area contributed by atoms with Crippen molar-refractivity contribution in [1.82, 2.24) is 14.8 Å². The molecule has 0 saturated carbocycles. The molecule has 0 aliphatic rings. The van der Waals surface area contributed by atoms with Crippen LogP contribution in [0.4, 0.5) is 0 Å². The van der Waals surface area contributed by atoms with Crippen LogP contribution in [-0.2, 0) is 6.54 Å². The molecular weight excluding hydrogens is 226 g/mol. The third-order valence-corrected chi connectivity index (χ3v) is 2.59. The lowest BCUT2D eigenvalue weighted by Crippen LogP contribution is -2.17. The fourth-order valence-corrected chi connectivity index (χ4v) is 1.59. The molecule has 0 amide bonds. The molecule has 0 unspecified atom stereocenters. The quantitative estimate of drug-likeness (QED) is 0.791. The Labute approximate surface area is 96.7 Å². The highest BCUT2D eigenvalue weighted by Gasteiger charge is 2.01. The molecule has 2 N–H and O–H groups in total. The molecule has 0 saturated heterocycles. The average Bonchev–Trinajstić information content (AvgIpc) is 2.62. The number of aromatic amines is 2. The van der Waals surface area contributed by atoms with Crippen LogP contribution in [0.5, 0.6) is 5.75 Å². The fourth-order valence-electron chi connectivity index (χ4n) is 1.39. The maximum absolute atomic E-state index is 11.4. The van der Waals surface area contributed by atoms with E-state index in [1.54, 1.807) is 7.11 Å². The molecule has 5 nitrogen and oxygen atoms in total. The van der Waals surface area contributed by atoms with Gasteiger partial charge in [-0.15, -0.1) is 0 Å². The number of H-pyrrole nitrogens is 2. The van der Waals surface area contributed by atoms with Gasteiger partial charge in [-0.25, -0.2) is 9.89 Å². The van der Waals surface area contributed by atoms with Crippen molar-refractivity contribution >= 4 is 12.2 Å². The van der Waals surface area contributed by atoms with E-state index >= 15 is 0 Å². The van der Waals surface area contributed by atoms with E-state index in [1.165, 1.54) is 4.57 Å². The molecular formula is C10H11N3O2S. The molecule has 0 spiro atoms. The van der Waals surface area contributed by atoms with Gasteiger partial charge in [-0.3, -0.25) is 9.67 Å². The topological polar surface area (TPSA) is 62.8 Å². The summed E-state index contributed by atoms with van der Waals surface area (Å²) in [7, 11) is 1.61. The molecule has 0 bridgehead atoms. The van der Waals surface area contributed by atoms with E-state index in [4.69, 9.17) is 17.0 Å². The lowest BCUT2D eigenvalue weighted by molar-refractivity contribution is 0.414. The number of nitrogens with zero attached hydrogens (tertiary/aromatic N) is 1. The first-order valence-corrected chi connectivity index (χ1v) is 5.12. The summed E-state index contributed by atoms with van der Waals surface area (Å²) in [6.45, 7) is 0.446. The van der Waals surface area contributed by atoms with Crippen LogP contribution in [-0.4, -0.2) is 21.9 Å². The van der Waals surface area contributed by atoms with Gasteiger partial charge in [0.2, 0.25) is 0 Å². The van der Waals surface area contributed by atoms with Gasteiger partial charge in [0.1, 0.15) is 5.75 Å². The second-order valence-electron chi connectivity index (χ2n) is 3.29. The summed E-state index contributed by atoms with van der Waals surface area (Å²) in [6.07, 6.45) is 0. The summed E-state index contributed by atoms with van der Waals surface area (Å²) in [5, 5.41) is 5.03. The summed E-state index contributed by atoms with van der Waals surface area (Å²) in [4.78, 5) is 11.4. The van der Waals surface area contributed by atoms with E-state index in [0.29, 0.717) is 11.3 Å². The second kappa shape index (κ2) is 4.36. The Balaban J connectivity index is 2.27. The second-order valence-corrected chi connectivity index (χ2v) is 3.68. The van der Waals surface area contributed by atoms with Gasteiger partial charge in [0.05, 0.1) is 13.7 Å². The van der Waals surface area contributed by atoms with Gasteiger partial charge in [-0.05, 0) is 29.9 Å². The first-order valence-electron chi connectivity index (χ1n) is 4.71. The lowest BCUT2D eigenvalue weighted by atomic mass is 10.2. The number of nitrogens with one attached hydrogen (secondary N) is 2. The van der Waals surface area contributed by atoms with Gasteiger partial charge in [0.15, 0.2) is 4.77 Å². The van der Waals surface area contributed by atoms with Crippen molar-refractivity contribution in [1.29, 1.82) is 0 Å². The van der Waals surface area contributed by atoms with Crippen molar-refractivity contribution in [3.8, 4) is 5.75 Å². The summed E-state index contributed by atoms with van der Waals surface area (Å²) in [5.74, 6) is 0.787. The highest BCUT2D eigenvalue weighted by Crippen LogP contribution is 2.11. The molecule has 6 heteroatoms. The van der Waals surface area contributed by atoms with Gasteiger partial charge in [0.25, 0.3) is 0 Å². The minimum absolute atomic E-state index is 0.235. The molecule has 0 radical (unpaired) electrons. The van der Waals surface area contributed by atoms with Gasteiger partial charge < -0.3 is 4.74 Å². The third kappa shape index (κ3) is 2.06. The monoisotopic (exact) mass is 237 g/mol. The predicted octanol–water partition coefficient (Wildman–Crippen LogP) is 1.29. The minimum atomic E-state index is -0.235. The zero-order chi connectivity index (χ0) is 11.5. The molecule has 16 heavy (non-hydrogen) atoms. The van der Waals surface area contributed by atoms with Gasteiger partial charge >= 0.3 is 5.69 Å². The Morgan fingerprint density at radius 3 is 2.50 bits per heavy atom. The van der Waals surface area contributed by atoms with Crippen molar-refractivity contribution in [2.45, 2.75) is 6.54 Å². The Bertz CT molecular complexity index is 552. The Morgan fingerprint density at radius 1 is 1.31 bits per heavy atom. The average molecular weight is 237 g/mol. The first-order chi connectivity index (χ1) is 7.70. The van der Waals surface area contributed by atoms with Gasteiger partial charge in [-0.1, -0.05) is 12.1 Å². The van der Waals surface area contributed by atoms with Crippen LogP contribution < -0.4 is 10.4 Å². The lowest BCUT2D eigenvalue weighted by Gasteiger charge is -2.03. The summed E-state index contributed by atoms with van der Waals surface area (Å²) in [6, 6.07) is 7.49. The first kappa shape index (κ1) is 10.7. The zero-order valence-electron chi connectivity index (χ0n) is 8.69. The molecule has 84 valence electrons. The normalized spacial score (nSPS) is 10.3. The third-order valence-electron chi connectivity index (χ3n) is 2.27.